The van der Waals surface area contributed by atoms with Gasteiger partial charge in [-0.05, 0) is 47.2 Å². The highest BCUT2D eigenvalue weighted by Gasteiger charge is 2.45. The number of hydrogen-bond acceptors (Lipinski definition) is 5. The van der Waals surface area contributed by atoms with Crippen LogP contribution in [0.5, 0.6) is 0 Å². The molecule has 0 spiro atoms. The van der Waals surface area contributed by atoms with E-state index in [9.17, 15) is 9.90 Å². The minimum Gasteiger partial charge on any atom is -0.461 e. The largest absolute Gasteiger partial charge is 0.461 e. The molecule has 110 valence electrons. The van der Waals surface area contributed by atoms with E-state index in [4.69, 9.17) is 9.84 Å². The minimum atomic E-state index is -0.967. The number of carbonyl (C=O) groups is 1. The fraction of sp³-hybridized carbons (Fsp3) is 0.500. The zero-order valence-corrected chi connectivity index (χ0v) is 13.3. The van der Waals surface area contributed by atoms with Crippen molar-refractivity contribution >= 4 is 28.6 Å². The lowest BCUT2D eigenvalue weighted by atomic mass is 9.91. The van der Waals surface area contributed by atoms with Crippen molar-refractivity contribution in [2.45, 2.75) is 31.7 Å². The zero-order chi connectivity index (χ0) is 14.7. The summed E-state index contributed by atoms with van der Waals surface area (Å²) in [6, 6.07) is 7.36. The third-order valence-electron chi connectivity index (χ3n) is 3.55. The van der Waals surface area contributed by atoms with Gasteiger partial charge in [0.25, 0.3) is 0 Å². The second-order valence-electron chi connectivity index (χ2n) is 4.95. The summed E-state index contributed by atoms with van der Waals surface area (Å²) in [6.45, 7) is 1.86. The van der Waals surface area contributed by atoms with Gasteiger partial charge in [0.15, 0.2) is 0 Å². The van der Waals surface area contributed by atoms with Gasteiger partial charge in [0, 0.05) is 10.1 Å². The van der Waals surface area contributed by atoms with Crippen molar-refractivity contribution in [2.24, 2.45) is 5.92 Å². The first-order valence-electron chi connectivity index (χ1n) is 6.50. The molecule has 0 aromatic heterocycles. The van der Waals surface area contributed by atoms with E-state index in [0.717, 1.165) is 9.13 Å². The third-order valence-corrected chi connectivity index (χ3v) is 4.27. The summed E-state index contributed by atoms with van der Waals surface area (Å²) < 4.78 is 6.29. The Labute approximate surface area is 131 Å². The Hall–Kier alpha value is -0.700. The number of rotatable bonds is 5. The second kappa shape index (κ2) is 6.84. The number of aliphatic hydroxyl groups excluding tert-OH is 2. The molecule has 3 N–H and O–H groups in total. The summed E-state index contributed by atoms with van der Waals surface area (Å²) in [5, 5.41) is 22.0. The van der Waals surface area contributed by atoms with Crippen molar-refractivity contribution in [3.05, 3.63) is 33.4 Å². The van der Waals surface area contributed by atoms with Crippen molar-refractivity contribution in [1.82, 2.24) is 5.32 Å². The number of hydrogen-bond donors (Lipinski definition) is 3. The molecule has 0 saturated carbocycles. The predicted octanol–water partition coefficient (Wildman–Crippen LogP) is 0.664. The molecule has 5 nitrogen and oxygen atoms in total. The van der Waals surface area contributed by atoms with Crippen LogP contribution in [-0.4, -0.2) is 41.0 Å². The quantitative estimate of drug-likeness (QED) is 0.508. The van der Waals surface area contributed by atoms with Crippen molar-refractivity contribution < 1.29 is 19.7 Å². The molecule has 0 radical (unpaired) electrons. The predicted molar refractivity (Wildman–Crippen MR) is 81.9 cm³/mol. The highest BCUT2D eigenvalue weighted by Crippen LogP contribution is 2.26. The molecule has 0 amide bonds. The molecule has 0 bridgehead atoms. The fourth-order valence-electron chi connectivity index (χ4n) is 2.47. The van der Waals surface area contributed by atoms with Gasteiger partial charge in [0.2, 0.25) is 0 Å². The molecule has 1 fully saturated rings. The number of nitrogens with one attached hydrogen (secondary N) is 1. The number of esters is 1. The van der Waals surface area contributed by atoms with Crippen LogP contribution in [0.2, 0.25) is 0 Å². The highest BCUT2D eigenvalue weighted by molar-refractivity contribution is 14.1. The Morgan fingerprint density at radius 1 is 1.40 bits per heavy atom. The molecule has 4 atom stereocenters. The number of carbonyl (C=O) groups excluding carboxylic acids is 1. The highest BCUT2D eigenvalue weighted by atomic mass is 127. The van der Waals surface area contributed by atoms with Gasteiger partial charge in [-0.15, -0.1) is 0 Å². The van der Waals surface area contributed by atoms with Crippen molar-refractivity contribution in [1.29, 1.82) is 0 Å². The molecular weight excluding hydrogens is 373 g/mol. The first-order valence-corrected chi connectivity index (χ1v) is 7.58. The lowest BCUT2D eigenvalue weighted by molar-refractivity contribution is -0.142. The average molecular weight is 391 g/mol. The van der Waals surface area contributed by atoms with E-state index in [0.29, 0.717) is 6.54 Å². The number of cyclic esters (lactones) is 1. The molecule has 1 aliphatic rings. The summed E-state index contributed by atoms with van der Waals surface area (Å²) >= 11 is 2.23. The summed E-state index contributed by atoms with van der Waals surface area (Å²) in [5.41, 5.74) is 1.05. The van der Waals surface area contributed by atoms with Gasteiger partial charge in [-0.2, -0.15) is 0 Å². The minimum absolute atomic E-state index is 0.375. The van der Waals surface area contributed by atoms with Gasteiger partial charge >= 0.3 is 5.97 Å². The zero-order valence-electron chi connectivity index (χ0n) is 11.1. The first-order chi connectivity index (χ1) is 9.52. The van der Waals surface area contributed by atoms with Crippen molar-refractivity contribution in [2.75, 3.05) is 6.61 Å². The maximum absolute atomic E-state index is 11.8. The Morgan fingerprint density at radius 3 is 2.65 bits per heavy atom. The van der Waals surface area contributed by atoms with Crippen LogP contribution in [0.1, 0.15) is 12.5 Å². The van der Waals surface area contributed by atoms with Crippen molar-refractivity contribution in [3.63, 3.8) is 0 Å². The summed E-state index contributed by atoms with van der Waals surface area (Å²) in [6.07, 6.45) is -1.37. The van der Waals surface area contributed by atoms with Crippen LogP contribution in [0.25, 0.3) is 0 Å². The van der Waals surface area contributed by atoms with Gasteiger partial charge < -0.3 is 14.9 Å². The molecule has 1 aliphatic heterocycles. The third kappa shape index (κ3) is 3.49. The van der Waals surface area contributed by atoms with Gasteiger partial charge in [0.05, 0.1) is 18.6 Å². The van der Waals surface area contributed by atoms with Gasteiger partial charge in [0.1, 0.15) is 12.1 Å². The number of aliphatic hydroxyl groups is 2. The van der Waals surface area contributed by atoms with Crippen LogP contribution in [0, 0.1) is 9.49 Å². The van der Waals surface area contributed by atoms with Crippen LogP contribution in [0.3, 0.4) is 0 Å². The second-order valence-corrected chi connectivity index (χ2v) is 6.20. The number of halogens is 1. The maximum Gasteiger partial charge on any atom is 0.323 e. The Morgan fingerprint density at radius 2 is 2.05 bits per heavy atom. The lowest BCUT2D eigenvalue weighted by Gasteiger charge is -2.23. The van der Waals surface area contributed by atoms with E-state index in [1.165, 1.54) is 0 Å². The number of ether oxygens (including phenoxy) is 1. The van der Waals surface area contributed by atoms with Crippen LogP contribution < -0.4 is 5.32 Å². The molecule has 1 heterocycles. The maximum atomic E-state index is 11.8. The van der Waals surface area contributed by atoms with Gasteiger partial charge in [-0.1, -0.05) is 12.1 Å². The standard InChI is InChI=1S/C14H18INO4/c1-8-12(11(18)7-17)13(14(19)20-8)16-6-9-2-4-10(15)5-3-9/h2-5,8,11-13,16-18H,6-7H2,1H3/t8-,11-,12+,13-/m1/s1. The fourth-order valence-corrected chi connectivity index (χ4v) is 2.83. The molecule has 0 aliphatic carbocycles. The monoisotopic (exact) mass is 391 g/mol. The normalized spacial score (nSPS) is 27.4. The van der Waals surface area contributed by atoms with E-state index < -0.39 is 24.2 Å². The molecule has 1 saturated heterocycles. The van der Waals surface area contributed by atoms with E-state index >= 15 is 0 Å². The van der Waals surface area contributed by atoms with E-state index in [2.05, 4.69) is 27.9 Å². The topological polar surface area (TPSA) is 78.8 Å². The molecule has 0 unspecified atom stereocenters. The molecule has 1 aromatic carbocycles. The SMILES string of the molecule is C[C@H]1OC(=O)[C@H](NCc2ccc(I)cc2)[C@@H]1[C@H](O)CO. The van der Waals surface area contributed by atoms with Crippen LogP contribution in [-0.2, 0) is 16.1 Å². The molecule has 1 aromatic rings. The molecule has 2 rings (SSSR count). The summed E-state index contributed by atoms with van der Waals surface area (Å²) in [4.78, 5) is 11.8. The van der Waals surface area contributed by atoms with E-state index in [-0.39, 0.29) is 12.6 Å². The average Bonchev–Trinajstić information content (AvgIpc) is 2.71. The first kappa shape index (κ1) is 15.7. The smallest absolute Gasteiger partial charge is 0.323 e. The van der Waals surface area contributed by atoms with Gasteiger partial charge in [-0.3, -0.25) is 10.1 Å². The summed E-state index contributed by atoms with van der Waals surface area (Å²) in [7, 11) is 0. The Balaban J connectivity index is 2.02. The van der Waals surface area contributed by atoms with Crippen molar-refractivity contribution in [3.8, 4) is 0 Å². The molecular formula is C14H18INO4. The van der Waals surface area contributed by atoms with Gasteiger partial charge in [-0.25, -0.2) is 0 Å². The van der Waals surface area contributed by atoms with E-state index in [1.807, 2.05) is 24.3 Å². The van der Waals surface area contributed by atoms with Crippen LogP contribution >= 0.6 is 22.6 Å². The summed E-state index contributed by atoms with van der Waals surface area (Å²) in [5.74, 6) is -0.808. The molecule has 6 heteroatoms. The van der Waals surface area contributed by atoms with Crippen LogP contribution in [0.15, 0.2) is 24.3 Å². The Kier molecular flexibility index (Phi) is 5.36. The lowest BCUT2D eigenvalue weighted by Crippen LogP contribution is -2.45. The number of benzene rings is 1. The van der Waals surface area contributed by atoms with E-state index in [1.54, 1.807) is 6.92 Å². The molecule has 20 heavy (non-hydrogen) atoms. The Bertz CT molecular complexity index is 465. The van der Waals surface area contributed by atoms with Crippen LogP contribution in [0.4, 0.5) is 0 Å².